The van der Waals surface area contributed by atoms with Gasteiger partial charge in [-0.15, -0.1) is 0 Å². The van der Waals surface area contributed by atoms with Gasteiger partial charge in [0.05, 0.1) is 6.61 Å². The number of ether oxygens (including phenoxy) is 3. The van der Waals surface area contributed by atoms with Crippen molar-refractivity contribution in [2.45, 2.75) is 18.9 Å². The van der Waals surface area contributed by atoms with E-state index >= 15 is 0 Å². The molecule has 1 aromatic heterocycles. The summed E-state index contributed by atoms with van der Waals surface area (Å²) < 4.78 is 31.4. The van der Waals surface area contributed by atoms with Crippen LogP contribution < -0.4 is 9.47 Å². The maximum atomic E-state index is 14.5. The lowest BCUT2D eigenvalue weighted by molar-refractivity contribution is -0.127. The smallest absolute Gasteiger partial charge is 0.185 e. The largest absolute Gasteiger partial charge is 0.490 e. The molecule has 0 amide bonds. The molecule has 1 aliphatic rings. The van der Waals surface area contributed by atoms with Gasteiger partial charge in [-0.05, 0) is 37.1 Å². The van der Waals surface area contributed by atoms with E-state index in [0.29, 0.717) is 30.2 Å². The van der Waals surface area contributed by atoms with Crippen molar-refractivity contribution in [1.29, 1.82) is 0 Å². The monoisotopic (exact) mass is 395 g/mol. The molecule has 0 aliphatic heterocycles. The molecule has 0 radical (unpaired) electrons. The fourth-order valence-corrected chi connectivity index (χ4v) is 3.25. The van der Waals surface area contributed by atoms with Crippen LogP contribution in [0.1, 0.15) is 24.5 Å². The zero-order valence-electron chi connectivity index (χ0n) is 16.1. The summed E-state index contributed by atoms with van der Waals surface area (Å²) >= 11 is 0. The molecule has 1 atom stereocenters. The third kappa shape index (κ3) is 4.22. The first kappa shape index (κ1) is 19.3. The molecule has 6 heteroatoms. The van der Waals surface area contributed by atoms with E-state index in [2.05, 4.69) is 4.98 Å². The van der Waals surface area contributed by atoms with Crippen LogP contribution >= 0.6 is 0 Å². The van der Waals surface area contributed by atoms with Crippen molar-refractivity contribution in [2.24, 2.45) is 5.92 Å². The Kier molecular flexibility index (Phi) is 5.71. The van der Waals surface area contributed by atoms with Gasteiger partial charge in [-0.25, -0.2) is 4.39 Å². The van der Waals surface area contributed by atoms with Crippen molar-refractivity contribution in [3.05, 3.63) is 66.1 Å². The van der Waals surface area contributed by atoms with Gasteiger partial charge < -0.3 is 14.2 Å². The summed E-state index contributed by atoms with van der Waals surface area (Å²) in [6.07, 6.45) is 2.25. The minimum absolute atomic E-state index is 0.0736. The Balaban J connectivity index is 1.70. The van der Waals surface area contributed by atoms with Crippen LogP contribution in [0.4, 0.5) is 4.39 Å². The molecule has 1 aliphatic carbocycles. The van der Waals surface area contributed by atoms with Crippen molar-refractivity contribution < 1.29 is 23.4 Å². The number of hydrogen-bond acceptors (Lipinski definition) is 5. The van der Waals surface area contributed by atoms with Gasteiger partial charge in [-0.1, -0.05) is 24.3 Å². The van der Waals surface area contributed by atoms with Gasteiger partial charge in [0.15, 0.2) is 11.9 Å². The van der Waals surface area contributed by atoms with Gasteiger partial charge in [0.2, 0.25) is 0 Å². The summed E-state index contributed by atoms with van der Waals surface area (Å²) in [6, 6.07) is 13.4. The maximum absolute atomic E-state index is 14.5. The summed E-state index contributed by atoms with van der Waals surface area (Å²) in [6.45, 7) is 0.865. The molecule has 1 fully saturated rings. The lowest BCUT2D eigenvalue weighted by atomic mass is 10.0. The van der Waals surface area contributed by atoms with Crippen LogP contribution in [0.25, 0.3) is 10.9 Å². The summed E-state index contributed by atoms with van der Waals surface area (Å²) in [5.74, 6) is 0.439. The third-order valence-electron chi connectivity index (χ3n) is 4.91. The number of methoxy groups -OCH3 is 1. The van der Waals surface area contributed by atoms with E-state index in [0.717, 1.165) is 18.2 Å². The van der Waals surface area contributed by atoms with Crippen LogP contribution in [-0.4, -0.2) is 31.1 Å². The Bertz CT molecular complexity index is 1020. The number of para-hydroxylation sites is 1. The van der Waals surface area contributed by atoms with E-state index < -0.39 is 11.9 Å². The Labute approximate surface area is 168 Å². The highest BCUT2D eigenvalue weighted by molar-refractivity contribution is 5.91. The Morgan fingerprint density at radius 3 is 2.69 bits per heavy atom. The van der Waals surface area contributed by atoms with Gasteiger partial charge in [-0.3, -0.25) is 9.78 Å². The molecule has 1 unspecified atom stereocenters. The standard InChI is InChI=1S/C23H22FNO4/c1-27-13-14-28-19-11-12-25-21-17(19)6-4-8-20(21)29-23(22(26)15-9-10-15)16-5-2-3-7-18(16)24/h2-8,11-12,15,23H,9-10,13-14H2,1H3. The summed E-state index contributed by atoms with van der Waals surface area (Å²) in [5, 5.41) is 0.757. The number of nitrogens with zero attached hydrogens (tertiary/aromatic N) is 1. The van der Waals surface area contributed by atoms with E-state index in [9.17, 15) is 9.18 Å². The third-order valence-corrected chi connectivity index (χ3v) is 4.91. The summed E-state index contributed by atoms with van der Waals surface area (Å²) in [5.41, 5.74) is 0.807. The number of rotatable bonds is 9. The number of benzene rings is 2. The molecule has 3 aromatic rings. The number of carbonyl (C=O) groups is 1. The highest BCUT2D eigenvalue weighted by atomic mass is 19.1. The normalized spacial score (nSPS) is 14.6. The Hall–Kier alpha value is -2.99. The molecule has 5 nitrogen and oxygen atoms in total. The first-order chi connectivity index (χ1) is 14.2. The first-order valence-electron chi connectivity index (χ1n) is 9.63. The second kappa shape index (κ2) is 8.57. The van der Waals surface area contributed by atoms with E-state index in [1.165, 1.54) is 6.07 Å². The number of hydrogen-bond donors (Lipinski definition) is 0. The van der Waals surface area contributed by atoms with E-state index in [4.69, 9.17) is 14.2 Å². The highest BCUT2D eigenvalue weighted by Crippen LogP contribution is 2.39. The van der Waals surface area contributed by atoms with Crippen molar-refractivity contribution in [3.63, 3.8) is 0 Å². The number of carbonyl (C=O) groups excluding carboxylic acids is 1. The van der Waals surface area contributed by atoms with Gasteiger partial charge in [-0.2, -0.15) is 0 Å². The van der Waals surface area contributed by atoms with E-state index in [-0.39, 0.29) is 17.3 Å². The van der Waals surface area contributed by atoms with Crippen molar-refractivity contribution in [1.82, 2.24) is 4.98 Å². The predicted molar refractivity (Wildman–Crippen MR) is 107 cm³/mol. The fourth-order valence-electron chi connectivity index (χ4n) is 3.25. The molecular weight excluding hydrogens is 373 g/mol. The second-order valence-electron chi connectivity index (χ2n) is 7.00. The molecule has 2 aromatic carbocycles. The minimum atomic E-state index is -1.01. The molecule has 150 valence electrons. The number of ketones is 1. The van der Waals surface area contributed by atoms with E-state index in [1.807, 2.05) is 12.1 Å². The summed E-state index contributed by atoms with van der Waals surface area (Å²) in [4.78, 5) is 17.3. The second-order valence-corrected chi connectivity index (χ2v) is 7.00. The highest BCUT2D eigenvalue weighted by Gasteiger charge is 2.38. The summed E-state index contributed by atoms with van der Waals surface area (Å²) in [7, 11) is 1.61. The van der Waals surface area contributed by atoms with Crippen LogP contribution in [0.15, 0.2) is 54.7 Å². The molecule has 0 N–H and O–H groups in total. The van der Waals surface area contributed by atoms with Gasteiger partial charge in [0.1, 0.15) is 29.4 Å². The molecule has 4 rings (SSSR count). The fraction of sp³-hybridized carbons (Fsp3) is 0.304. The molecule has 0 spiro atoms. The molecule has 0 bridgehead atoms. The van der Waals surface area contributed by atoms with Crippen LogP contribution in [0.3, 0.4) is 0 Å². The van der Waals surface area contributed by atoms with Crippen LogP contribution in [0, 0.1) is 11.7 Å². The van der Waals surface area contributed by atoms with Gasteiger partial charge >= 0.3 is 0 Å². The molecular formula is C23H22FNO4. The number of fused-ring (bicyclic) bond motifs is 1. The zero-order chi connectivity index (χ0) is 20.2. The van der Waals surface area contributed by atoms with Crippen LogP contribution in [0.2, 0.25) is 0 Å². The average Bonchev–Trinajstić information content (AvgIpc) is 3.58. The quantitative estimate of drug-likeness (QED) is 0.500. The molecule has 0 saturated heterocycles. The lowest BCUT2D eigenvalue weighted by Gasteiger charge is -2.20. The van der Waals surface area contributed by atoms with Crippen molar-refractivity contribution in [2.75, 3.05) is 20.3 Å². The molecule has 1 heterocycles. The minimum Gasteiger partial charge on any atom is -0.490 e. The zero-order valence-corrected chi connectivity index (χ0v) is 16.1. The number of aromatic nitrogens is 1. The topological polar surface area (TPSA) is 57.6 Å². The first-order valence-corrected chi connectivity index (χ1v) is 9.63. The van der Waals surface area contributed by atoms with Crippen LogP contribution in [-0.2, 0) is 9.53 Å². The number of Topliss-reactive ketones (excluding diaryl/α,β-unsaturated/α-hetero) is 1. The average molecular weight is 395 g/mol. The number of halogens is 1. The van der Waals surface area contributed by atoms with Gasteiger partial charge in [0.25, 0.3) is 0 Å². The Morgan fingerprint density at radius 1 is 1.10 bits per heavy atom. The molecule has 29 heavy (non-hydrogen) atoms. The van der Waals surface area contributed by atoms with Crippen molar-refractivity contribution >= 4 is 16.7 Å². The number of pyridine rings is 1. The maximum Gasteiger partial charge on any atom is 0.185 e. The Morgan fingerprint density at radius 2 is 1.93 bits per heavy atom. The molecule has 1 saturated carbocycles. The lowest BCUT2D eigenvalue weighted by Crippen LogP contribution is -2.21. The predicted octanol–water partition coefficient (Wildman–Crippen LogP) is 4.50. The van der Waals surface area contributed by atoms with Crippen LogP contribution in [0.5, 0.6) is 11.5 Å². The van der Waals surface area contributed by atoms with E-state index in [1.54, 1.807) is 43.6 Å². The SMILES string of the molecule is COCCOc1ccnc2c(OC(C(=O)C3CC3)c3ccccc3F)cccc12. The van der Waals surface area contributed by atoms with Gasteiger partial charge in [0, 0.05) is 30.2 Å². The van der Waals surface area contributed by atoms with Crippen molar-refractivity contribution in [3.8, 4) is 11.5 Å².